The highest BCUT2D eigenvalue weighted by molar-refractivity contribution is 8.01. The molecule has 1 aliphatic rings. The van der Waals surface area contributed by atoms with Crippen molar-refractivity contribution in [2.24, 2.45) is 0 Å². The Hall–Kier alpha value is -4.06. The first-order valence-electron chi connectivity index (χ1n) is 15.6. The average Bonchev–Trinajstić information content (AvgIpc) is 3.53. The smallest absolute Gasteiger partial charge is 0.303 e. The number of fused-ring (bicyclic) bond motifs is 1. The molecule has 5 aromatic rings. The molecule has 0 unspecified atom stereocenters. The molecular weight excluding hydrogens is 633 g/mol. The van der Waals surface area contributed by atoms with E-state index in [1.807, 2.05) is 91.0 Å². The highest BCUT2D eigenvalue weighted by Gasteiger charge is 2.32. The van der Waals surface area contributed by atoms with Crippen LogP contribution in [0.3, 0.4) is 0 Å². The van der Waals surface area contributed by atoms with Crippen molar-refractivity contribution >= 4 is 45.2 Å². The lowest BCUT2D eigenvalue weighted by atomic mass is 9.97. The van der Waals surface area contributed by atoms with Crippen molar-refractivity contribution < 1.29 is 29.3 Å². The molecule has 1 aliphatic heterocycles. The number of carbonyl (C=O) groups is 2. The molecule has 242 valence electrons. The fourth-order valence-electron chi connectivity index (χ4n) is 5.56. The van der Waals surface area contributed by atoms with Crippen molar-refractivity contribution in [2.45, 2.75) is 61.7 Å². The molecule has 10 heteroatoms. The van der Waals surface area contributed by atoms with Crippen LogP contribution in [0.25, 0.3) is 21.3 Å². The molecule has 2 heterocycles. The SMILES string of the molecule is O=C(O)CCCC(=O)NCc1ccccc1-c1ccc([C@@H]2O[C@H](CSc3nc4ccccc4s3)C[C@H](c3ccc(CO)cc3)O2)cc1. The average molecular weight is 669 g/mol. The lowest BCUT2D eigenvalue weighted by molar-refractivity contribution is -0.245. The van der Waals surface area contributed by atoms with Crippen molar-refractivity contribution in [1.82, 2.24) is 10.3 Å². The lowest BCUT2D eigenvalue weighted by Crippen LogP contribution is -2.31. The number of carbonyl (C=O) groups excluding carboxylic acids is 1. The molecule has 47 heavy (non-hydrogen) atoms. The van der Waals surface area contributed by atoms with Crippen molar-refractivity contribution in [3.63, 3.8) is 0 Å². The number of thiazole rings is 1. The molecule has 3 atom stereocenters. The maximum Gasteiger partial charge on any atom is 0.303 e. The molecule has 3 N–H and O–H groups in total. The van der Waals surface area contributed by atoms with E-state index in [0.717, 1.165) is 49.0 Å². The molecule has 0 radical (unpaired) electrons. The van der Waals surface area contributed by atoms with Gasteiger partial charge in [-0.3, -0.25) is 9.59 Å². The van der Waals surface area contributed by atoms with Gasteiger partial charge in [0.15, 0.2) is 10.6 Å². The number of aliphatic hydroxyl groups is 1. The Balaban J connectivity index is 1.16. The summed E-state index contributed by atoms with van der Waals surface area (Å²) in [6.45, 7) is 0.344. The maximum atomic E-state index is 12.3. The zero-order valence-corrected chi connectivity index (χ0v) is 27.3. The predicted molar refractivity (Wildman–Crippen MR) is 184 cm³/mol. The van der Waals surface area contributed by atoms with E-state index in [4.69, 9.17) is 19.6 Å². The summed E-state index contributed by atoms with van der Waals surface area (Å²) < 4.78 is 15.3. The van der Waals surface area contributed by atoms with Gasteiger partial charge in [-0.15, -0.1) is 11.3 Å². The molecule has 1 saturated heterocycles. The minimum Gasteiger partial charge on any atom is -0.481 e. The topological polar surface area (TPSA) is 118 Å². The third kappa shape index (κ3) is 8.65. The Morgan fingerprint density at radius 2 is 1.64 bits per heavy atom. The number of nitrogens with zero attached hydrogens (tertiary/aromatic N) is 1. The molecule has 0 saturated carbocycles. The zero-order chi connectivity index (χ0) is 32.6. The third-order valence-electron chi connectivity index (χ3n) is 8.06. The summed E-state index contributed by atoms with van der Waals surface area (Å²) in [5.74, 6) is -0.334. The van der Waals surface area contributed by atoms with Gasteiger partial charge in [0.1, 0.15) is 0 Å². The third-order valence-corrected chi connectivity index (χ3v) is 10.4. The summed E-state index contributed by atoms with van der Waals surface area (Å²) >= 11 is 3.40. The van der Waals surface area contributed by atoms with Gasteiger partial charge in [0.05, 0.1) is 29.0 Å². The summed E-state index contributed by atoms with van der Waals surface area (Å²) in [6, 6.07) is 32.1. The molecule has 1 amide bonds. The predicted octanol–water partition coefficient (Wildman–Crippen LogP) is 7.66. The van der Waals surface area contributed by atoms with Gasteiger partial charge in [-0.1, -0.05) is 96.7 Å². The van der Waals surface area contributed by atoms with Crippen molar-refractivity contribution in [3.05, 3.63) is 119 Å². The van der Waals surface area contributed by atoms with Gasteiger partial charge in [-0.05, 0) is 46.4 Å². The second kappa shape index (κ2) is 15.7. The largest absolute Gasteiger partial charge is 0.481 e. The van der Waals surface area contributed by atoms with Crippen LogP contribution in [0.4, 0.5) is 0 Å². The fourth-order valence-corrected chi connectivity index (χ4v) is 7.67. The number of nitrogens with one attached hydrogen (secondary N) is 1. The van der Waals surface area contributed by atoms with Gasteiger partial charge in [-0.2, -0.15) is 0 Å². The molecule has 0 aliphatic carbocycles. The number of aliphatic hydroxyl groups excluding tert-OH is 1. The molecule has 0 spiro atoms. The normalized spacial score (nSPS) is 17.9. The van der Waals surface area contributed by atoms with E-state index >= 15 is 0 Å². The monoisotopic (exact) mass is 668 g/mol. The summed E-state index contributed by atoms with van der Waals surface area (Å²) in [7, 11) is 0. The standard InChI is InChI=1S/C37H36N2O6S2/c40-22-24-12-14-26(15-13-24)32-20-29(23-46-37-39-31-8-3-4-9-33(31)47-37)44-36(45-32)27-18-16-25(17-19-27)30-7-2-1-6-28(30)21-38-34(41)10-5-11-35(42)43/h1-4,6-9,12-19,29,32,36,40H,5,10-11,20-23H2,(H,38,41)(H,42,43)/t29-,32+,36+/m0/s1. The van der Waals surface area contributed by atoms with Gasteiger partial charge in [0.2, 0.25) is 5.91 Å². The van der Waals surface area contributed by atoms with Crippen LogP contribution in [0.5, 0.6) is 0 Å². The molecular formula is C37H36N2O6S2. The highest BCUT2D eigenvalue weighted by atomic mass is 32.2. The zero-order valence-electron chi connectivity index (χ0n) is 25.7. The fraction of sp³-hybridized carbons (Fsp3) is 0.270. The van der Waals surface area contributed by atoms with E-state index in [1.165, 1.54) is 4.70 Å². The number of aromatic nitrogens is 1. The molecule has 0 bridgehead atoms. The Labute approximate surface area is 281 Å². The van der Waals surface area contributed by atoms with E-state index in [2.05, 4.69) is 11.4 Å². The maximum absolute atomic E-state index is 12.3. The number of carboxylic acid groups (broad SMARTS) is 1. The number of thioether (sulfide) groups is 1. The van der Waals surface area contributed by atoms with Crippen molar-refractivity contribution in [1.29, 1.82) is 0 Å². The minimum atomic E-state index is -0.901. The van der Waals surface area contributed by atoms with Crippen LogP contribution in [0.1, 0.15) is 60.3 Å². The molecule has 4 aromatic carbocycles. The van der Waals surface area contributed by atoms with Gasteiger partial charge in [-0.25, -0.2) is 4.98 Å². The van der Waals surface area contributed by atoms with Gasteiger partial charge in [0.25, 0.3) is 0 Å². The summed E-state index contributed by atoms with van der Waals surface area (Å²) in [5, 5.41) is 21.3. The first-order valence-corrected chi connectivity index (χ1v) is 17.4. The number of hydrogen-bond donors (Lipinski definition) is 3. The first-order chi connectivity index (χ1) is 22.9. The number of amides is 1. The molecule has 1 fully saturated rings. The van der Waals surface area contributed by atoms with E-state index in [1.54, 1.807) is 23.1 Å². The minimum absolute atomic E-state index is 0.00634. The molecule has 1 aromatic heterocycles. The van der Waals surface area contributed by atoms with E-state index in [9.17, 15) is 14.7 Å². The summed E-state index contributed by atoms with van der Waals surface area (Å²) in [6.07, 6.45) is 0.338. The second-order valence-corrected chi connectivity index (χ2v) is 13.7. The van der Waals surface area contributed by atoms with Gasteiger partial charge in [0, 0.05) is 37.1 Å². The number of carboxylic acids is 1. The van der Waals surface area contributed by atoms with Crippen LogP contribution in [-0.2, 0) is 32.2 Å². The van der Waals surface area contributed by atoms with Crippen LogP contribution in [0, 0.1) is 0 Å². The van der Waals surface area contributed by atoms with Crippen LogP contribution >= 0.6 is 23.1 Å². The Morgan fingerprint density at radius 3 is 2.40 bits per heavy atom. The highest BCUT2D eigenvalue weighted by Crippen LogP contribution is 2.40. The van der Waals surface area contributed by atoms with E-state index in [-0.39, 0.29) is 37.6 Å². The number of ether oxygens (including phenoxy) is 2. The van der Waals surface area contributed by atoms with Crippen molar-refractivity contribution in [3.8, 4) is 11.1 Å². The molecule has 6 rings (SSSR count). The molecule has 8 nitrogen and oxygen atoms in total. The van der Waals surface area contributed by atoms with Crippen LogP contribution in [-0.4, -0.2) is 38.9 Å². The Morgan fingerprint density at radius 1 is 0.894 bits per heavy atom. The number of para-hydroxylation sites is 1. The quantitative estimate of drug-likeness (QED) is 0.110. The van der Waals surface area contributed by atoms with Crippen LogP contribution in [0.2, 0.25) is 0 Å². The van der Waals surface area contributed by atoms with E-state index in [0.29, 0.717) is 19.4 Å². The number of aliphatic carboxylic acids is 1. The Kier molecular flexibility index (Phi) is 11.0. The number of benzene rings is 4. The number of rotatable bonds is 13. The van der Waals surface area contributed by atoms with Crippen LogP contribution < -0.4 is 5.32 Å². The van der Waals surface area contributed by atoms with E-state index < -0.39 is 12.3 Å². The van der Waals surface area contributed by atoms with Gasteiger partial charge >= 0.3 is 5.97 Å². The number of hydrogen-bond acceptors (Lipinski definition) is 8. The second-order valence-electron chi connectivity index (χ2n) is 11.4. The summed E-state index contributed by atoms with van der Waals surface area (Å²) in [5.41, 5.74) is 6.78. The van der Waals surface area contributed by atoms with Crippen molar-refractivity contribution in [2.75, 3.05) is 5.75 Å². The van der Waals surface area contributed by atoms with Gasteiger partial charge < -0.3 is 25.0 Å². The van der Waals surface area contributed by atoms with Crippen LogP contribution in [0.15, 0.2) is 101 Å². The lowest BCUT2D eigenvalue weighted by Gasteiger charge is -2.36. The first kappa shape index (κ1) is 32.9. The summed E-state index contributed by atoms with van der Waals surface area (Å²) in [4.78, 5) is 27.8. The Bertz CT molecular complexity index is 1780.